The number of urea groups is 1. The summed E-state index contributed by atoms with van der Waals surface area (Å²) in [7, 11) is 0. The van der Waals surface area contributed by atoms with Crippen LogP contribution in [0.4, 0.5) is 16.2 Å². The van der Waals surface area contributed by atoms with E-state index in [4.69, 9.17) is 32.7 Å². The zero-order valence-electron chi connectivity index (χ0n) is 20.1. The van der Waals surface area contributed by atoms with E-state index in [2.05, 4.69) is 5.32 Å². The van der Waals surface area contributed by atoms with Crippen molar-refractivity contribution in [1.82, 2.24) is 5.32 Å². The second kappa shape index (κ2) is 11.4. The minimum Gasteiger partial charge on any atom is -0.500 e. The molecule has 13 heteroatoms. The molecular weight excluding hydrogens is 553 g/mol. The number of hydrogen-bond acceptors (Lipinski definition) is 8. The first kappa shape index (κ1) is 27.4. The van der Waals surface area contributed by atoms with Crippen LogP contribution in [0.3, 0.4) is 0 Å². The van der Waals surface area contributed by atoms with Crippen LogP contribution in [0.1, 0.15) is 18.1 Å². The molecule has 1 aliphatic heterocycles. The standard InChI is InChI=1S/C26H19Cl2N3O8/c1-2-38-22-11-14(10-21(23(22)32)31(36)37)9-19-24(33)29-26(35)30(25(19)34)17-5-7-18(8-6-17)39-13-15-3-4-16(27)12-20(15)28/h3-12,32H,2,13H2,1H3,(H,29,33,35)/b19-9+. The molecule has 0 radical (unpaired) electrons. The van der Waals surface area contributed by atoms with Crippen LogP contribution >= 0.6 is 23.2 Å². The number of nitrogens with zero attached hydrogens (tertiary/aromatic N) is 2. The number of nitro groups is 1. The maximum absolute atomic E-state index is 13.2. The average molecular weight is 572 g/mol. The molecule has 4 rings (SSSR count). The molecule has 0 unspecified atom stereocenters. The topological polar surface area (TPSA) is 148 Å². The lowest BCUT2D eigenvalue weighted by Crippen LogP contribution is -2.54. The summed E-state index contributed by atoms with van der Waals surface area (Å²) < 4.78 is 10.9. The van der Waals surface area contributed by atoms with Gasteiger partial charge in [-0.15, -0.1) is 0 Å². The van der Waals surface area contributed by atoms with Crippen molar-refractivity contribution in [3.8, 4) is 17.2 Å². The number of nitro benzene ring substituents is 1. The number of rotatable bonds is 8. The highest BCUT2D eigenvalue weighted by molar-refractivity contribution is 6.39. The molecule has 11 nitrogen and oxygen atoms in total. The number of nitrogens with one attached hydrogen (secondary N) is 1. The van der Waals surface area contributed by atoms with E-state index < -0.39 is 39.8 Å². The van der Waals surface area contributed by atoms with Crippen molar-refractivity contribution in [2.45, 2.75) is 13.5 Å². The first-order valence-electron chi connectivity index (χ1n) is 11.3. The Morgan fingerprint density at radius 2 is 1.77 bits per heavy atom. The third-order valence-electron chi connectivity index (χ3n) is 5.49. The maximum atomic E-state index is 13.2. The van der Waals surface area contributed by atoms with Crippen molar-refractivity contribution >= 4 is 58.5 Å². The molecule has 200 valence electrons. The first-order valence-corrected chi connectivity index (χ1v) is 12.1. The number of barbiturate groups is 1. The number of imide groups is 2. The van der Waals surface area contributed by atoms with Crippen LogP contribution in [0.25, 0.3) is 6.08 Å². The molecule has 1 saturated heterocycles. The van der Waals surface area contributed by atoms with E-state index in [1.54, 1.807) is 25.1 Å². The summed E-state index contributed by atoms with van der Waals surface area (Å²) in [6.45, 7) is 1.85. The number of carbonyl (C=O) groups is 3. The number of benzene rings is 3. The van der Waals surface area contributed by atoms with Gasteiger partial charge in [0.2, 0.25) is 5.75 Å². The molecule has 2 N–H and O–H groups in total. The molecule has 0 aromatic heterocycles. The molecule has 0 bridgehead atoms. The highest BCUT2D eigenvalue weighted by Crippen LogP contribution is 2.38. The average Bonchev–Trinajstić information content (AvgIpc) is 2.88. The summed E-state index contributed by atoms with van der Waals surface area (Å²) in [5.74, 6) is -2.43. The third-order valence-corrected chi connectivity index (χ3v) is 6.08. The van der Waals surface area contributed by atoms with Gasteiger partial charge in [0.1, 0.15) is 17.9 Å². The molecule has 1 heterocycles. The molecule has 0 saturated carbocycles. The number of aromatic hydroxyl groups is 1. The molecule has 0 aliphatic carbocycles. The number of anilines is 1. The summed E-state index contributed by atoms with van der Waals surface area (Å²) in [4.78, 5) is 49.6. The van der Waals surface area contributed by atoms with Crippen molar-refractivity contribution in [2.24, 2.45) is 0 Å². The summed E-state index contributed by atoms with van der Waals surface area (Å²) in [5, 5.41) is 24.5. The van der Waals surface area contributed by atoms with Gasteiger partial charge in [-0.2, -0.15) is 0 Å². The van der Waals surface area contributed by atoms with Gasteiger partial charge in [-0.05, 0) is 61.0 Å². The minimum atomic E-state index is -0.991. The van der Waals surface area contributed by atoms with E-state index in [0.29, 0.717) is 21.4 Å². The van der Waals surface area contributed by atoms with Crippen LogP contribution in [0.2, 0.25) is 10.0 Å². The van der Waals surface area contributed by atoms with Crippen molar-refractivity contribution < 1.29 is 33.9 Å². The number of phenols is 1. The second-order valence-corrected chi connectivity index (χ2v) is 8.90. The van der Waals surface area contributed by atoms with E-state index in [0.717, 1.165) is 17.0 Å². The molecule has 0 spiro atoms. The number of hydrogen-bond donors (Lipinski definition) is 2. The van der Waals surface area contributed by atoms with Crippen LogP contribution in [0, 0.1) is 10.1 Å². The van der Waals surface area contributed by atoms with E-state index in [1.807, 2.05) is 0 Å². The fraction of sp³-hybridized carbons (Fsp3) is 0.115. The van der Waals surface area contributed by atoms with Crippen LogP contribution in [0.5, 0.6) is 17.2 Å². The molecule has 0 atom stereocenters. The summed E-state index contributed by atoms with van der Waals surface area (Å²) in [6.07, 6.45) is 1.07. The summed E-state index contributed by atoms with van der Waals surface area (Å²) >= 11 is 12.1. The Kier molecular flexibility index (Phi) is 8.03. The first-order chi connectivity index (χ1) is 18.6. The van der Waals surface area contributed by atoms with Gasteiger partial charge in [-0.1, -0.05) is 29.3 Å². The highest BCUT2D eigenvalue weighted by atomic mass is 35.5. The maximum Gasteiger partial charge on any atom is 0.335 e. The van der Waals surface area contributed by atoms with Crippen molar-refractivity contribution in [2.75, 3.05) is 11.5 Å². The Bertz CT molecular complexity index is 1520. The summed E-state index contributed by atoms with van der Waals surface area (Å²) in [5.41, 5.74) is -0.277. The molecule has 39 heavy (non-hydrogen) atoms. The number of halogens is 2. The van der Waals surface area contributed by atoms with Gasteiger partial charge >= 0.3 is 11.7 Å². The van der Waals surface area contributed by atoms with E-state index in [-0.39, 0.29) is 30.2 Å². The number of carbonyl (C=O) groups excluding carboxylic acids is 3. The lowest BCUT2D eigenvalue weighted by atomic mass is 10.1. The predicted octanol–water partition coefficient (Wildman–Crippen LogP) is 5.25. The fourth-order valence-corrected chi connectivity index (χ4v) is 4.11. The van der Waals surface area contributed by atoms with Crippen molar-refractivity contribution in [3.63, 3.8) is 0 Å². The van der Waals surface area contributed by atoms with E-state index in [9.17, 15) is 29.6 Å². The number of ether oxygens (including phenoxy) is 2. The Hall–Kier alpha value is -4.61. The van der Waals surface area contributed by atoms with Gasteiger partial charge in [0.25, 0.3) is 11.8 Å². The molecule has 3 aromatic rings. The lowest BCUT2D eigenvalue weighted by molar-refractivity contribution is -0.386. The van der Waals surface area contributed by atoms with Gasteiger partial charge in [-0.3, -0.25) is 25.0 Å². The van der Waals surface area contributed by atoms with E-state index >= 15 is 0 Å². The largest absolute Gasteiger partial charge is 0.500 e. The minimum absolute atomic E-state index is 0.0281. The second-order valence-electron chi connectivity index (χ2n) is 8.05. The molecule has 1 aliphatic rings. The Balaban J connectivity index is 1.59. The fourth-order valence-electron chi connectivity index (χ4n) is 3.65. The zero-order chi connectivity index (χ0) is 28.3. The number of amides is 4. The molecule has 1 fully saturated rings. The van der Waals surface area contributed by atoms with Gasteiger partial charge < -0.3 is 14.6 Å². The summed E-state index contributed by atoms with van der Waals surface area (Å²) in [6, 6.07) is 12.2. The van der Waals surface area contributed by atoms with Gasteiger partial charge in [0, 0.05) is 21.7 Å². The Morgan fingerprint density at radius 3 is 2.41 bits per heavy atom. The van der Waals surface area contributed by atoms with Crippen LogP contribution in [-0.4, -0.2) is 34.5 Å². The highest BCUT2D eigenvalue weighted by Gasteiger charge is 2.37. The van der Waals surface area contributed by atoms with Gasteiger partial charge in [0.15, 0.2) is 5.75 Å². The quantitative estimate of drug-likeness (QED) is 0.161. The van der Waals surface area contributed by atoms with Gasteiger partial charge in [-0.25, -0.2) is 9.69 Å². The Morgan fingerprint density at radius 1 is 1.05 bits per heavy atom. The van der Waals surface area contributed by atoms with Crippen molar-refractivity contribution in [1.29, 1.82) is 0 Å². The molecular formula is C26H19Cl2N3O8. The van der Waals surface area contributed by atoms with Crippen molar-refractivity contribution in [3.05, 3.63) is 91.5 Å². The monoisotopic (exact) mass is 571 g/mol. The van der Waals surface area contributed by atoms with Crippen LogP contribution in [-0.2, 0) is 16.2 Å². The molecule has 3 aromatic carbocycles. The van der Waals surface area contributed by atoms with Crippen LogP contribution in [0.15, 0.2) is 60.2 Å². The third kappa shape index (κ3) is 5.95. The smallest absolute Gasteiger partial charge is 0.335 e. The SMILES string of the molecule is CCOc1cc(/C=C2\C(=O)NC(=O)N(c3ccc(OCc4ccc(Cl)cc4Cl)cc3)C2=O)cc([N+](=O)[O-])c1O. The normalized spacial score (nSPS) is 14.4. The zero-order valence-corrected chi connectivity index (χ0v) is 21.7. The predicted molar refractivity (Wildman–Crippen MR) is 142 cm³/mol. The van der Waals surface area contributed by atoms with E-state index in [1.165, 1.54) is 30.3 Å². The van der Waals surface area contributed by atoms with Gasteiger partial charge in [0.05, 0.1) is 17.2 Å². The number of phenolic OH excluding ortho intramolecular Hbond substituents is 1. The lowest BCUT2D eigenvalue weighted by Gasteiger charge is -2.26. The Labute approximate surface area is 231 Å². The van der Waals surface area contributed by atoms with Crippen LogP contribution < -0.4 is 19.7 Å². The molecule has 4 amide bonds.